The van der Waals surface area contributed by atoms with Crippen molar-refractivity contribution in [3.05, 3.63) is 23.0 Å². The van der Waals surface area contributed by atoms with Gasteiger partial charge in [0, 0.05) is 6.54 Å². The molecule has 1 heterocycles. The van der Waals surface area contributed by atoms with Crippen molar-refractivity contribution in [3.63, 3.8) is 0 Å². The summed E-state index contributed by atoms with van der Waals surface area (Å²) in [4.78, 5) is 14.1. The van der Waals surface area contributed by atoms with Crippen LogP contribution in [0.1, 0.15) is 28.0 Å². The minimum Gasteiger partial charge on any atom is -0.478 e. The monoisotopic (exact) mass is 286 g/mol. The first kappa shape index (κ1) is 15.1. The largest absolute Gasteiger partial charge is 0.573 e. The molecule has 3 N–H and O–H groups in total. The number of aromatic nitrogens is 1. The van der Waals surface area contributed by atoms with Crippen LogP contribution in [0.25, 0.3) is 0 Å². The Morgan fingerprint density at radius 1 is 1.47 bits per heavy atom. The topological polar surface area (TPSA) is 85.4 Å². The van der Waals surface area contributed by atoms with Crippen molar-refractivity contribution in [1.82, 2.24) is 4.98 Å². The number of carboxylic acid groups (broad SMARTS) is 1. The predicted molar refractivity (Wildman–Crippen MR) is 50.7 cm³/mol. The Morgan fingerprint density at radius 3 is 2.42 bits per heavy atom. The minimum absolute atomic E-state index is 0.365. The van der Waals surface area contributed by atoms with Gasteiger partial charge in [0.2, 0.25) is 0 Å². The molecular weight excluding hydrogens is 279 g/mol. The number of ether oxygens (including phenoxy) is 1. The Kier molecular flexibility index (Phi) is 4.24. The zero-order valence-corrected chi connectivity index (χ0v) is 9.04. The van der Waals surface area contributed by atoms with E-state index >= 15 is 0 Å². The van der Waals surface area contributed by atoms with E-state index in [1.807, 2.05) is 0 Å². The van der Waals surface area contributed by atoms with E-state index in [-0.39, 0.29) is 0 Å². The number of alkyl halides is 5. The number of rotatable bonds is 4. The van der Waals surface area contributed by atoms with Gasteiger partial charge in [-0.25, -0.2) is 13.6 Å². The van der Waals surface area contributed by atoms with Crippen LogP contribution in [0.3, 0.4) is 0 Å². The molecule has 1 rings (SSSR count). The van der Waals surface area contributed by atoms with E-state index in [9.17, 15) is 26.7 Å². The van der Waals surface area contributed by atoms with Gasteiger partial charge in [-0.15, -0.1) is 13.2 Å². The molecule has 0 atom stereocenters. The van der Waals surface area contributed by atoms with Crippen molar-refractivity contribution in [3.8, 4) is 5.75 Å². The number of nitrogens with two attached hydrogens (primary N) is 1. The average Bonchev–Trinajstić information content (AvgIpc) is 2.25. The second-order valence-corrected chi connectivity index (χ2v) is 3.22. The van der Waals surface area contributed by atoms with Crippen LogP contribution in [0, 0.1) is 0 Å². The molecule has 0 fully saturated rings. The lowest BCUT2D eigenvalue weighted by molar-refractivity contribution is -0.275. The number of hydrogen-bond acceptors (Lipinski definition) is 4. The van der Waals surface area contributed by atoms with Gasteiger partial charge in [-0.05, 0) is 0 Å². The van der Waals surface area contributed by atoms with Crippen LogP contribution >= 0.6 is 0 Å². The highest BCUT2D eigenvalue weighted by atomic mass is 19.4. The van der Waals surface area contributed by atoms with E-state index in [2.05, 4.69) is 9.72 Å². The summed E-state index contributed by atoms with van der Waals surface area (Å²) >= 11 is 0. The van der Waals surface area contributed by atoms with Gasteiger partial charge in [0.05, 0.1) is 23.0 Å². The van der Waals surface area contributed by atoms with Gasteiger partial charge in [0.15, 0.2) is 5.75 Å². The first-order valence-electron chi connectivity index (χ1n) is 4.66. The number of carboxylic acids is 1. The second-order valence-electron chi connectivity index (χ2n) is 3.22. The lowest BCUT2D eigenvalue weighted by Gasteiger charge is -2.16. The number of halogens is 5. The molecule has 0 saturated carbocycles. The number of hydrogen-bond donors (Lipinski definition) is 2. The van der Waals surface area contributed by atoms with Crippen LogP contribution in [-0.2, 0) is 6.54 Å². The van der Waals surface area contributed by atoms with Crippen LogP contribution in [0.2, 0.25) is 0 Å². The highest BCUT2D eigenvalue weighted by Gasteiger charge is 2.36. The van der Waals surface area contributed by atoms with Gasteiger partial charge >= 0.3 is 12.3 Å². The SMILES string of the molecule is NCc1ncc(OC(F)(F)F)c(C(F)F)c1C(=O)O. The molecule has 0 saturated heterocycles. The van der Waals surface area contributed by atoms with Crippen LogP contribution in [-0.4, -0.2) is 22.4 Å². The predicted octanol–water partition coefficient (Wildman–Crippen LogP) is 2.07. The van der Waals surface area contributed by atoms with Crippen LogP contribution in [0.4, 0.5) is 22.0 Å². The average molecular weight is 286 g/mol. The fourth-order valence-corrected chi connectivity index (χ4v) is 1.37. The number of nitrogens with zero attached hydrogens (tertiary/aromatic N) is 1. The van der Waals surface area contributed by atoms with Crippen molar-refractivity contribution in [2.24, 2.45) is 5.73 Å². The smallest absolute Gasteiger partial charge is 0.478 e. The van der Waals surface area contributed by atoms with Crippen molar-refractivity contribution in [2.45, 2.75) is 19.3 Å². The number of aromatic carboxylic acids is 1. The van der Waals surface area contributed by atoms with E-state index in [1.54, 1.807) is 0 Å². The van der Waals surface area contributed by atoms with Gasteiger partial charge < -0.3 is 15.6 Å². The molecule has 1 aromatic rings. The molecule has 0 aliphatic rings. The molecule has 19 heavy (non-hydrogen) atoms. The van der Waals surface area contributed by atoms with Gasteiger partial charge in [-0.1, -0.05) is 0 Å². The molecule has 0 aliphatic carbocycles. The second kappa shape index (κ2) is 5.34. The molecule has 0 radical (unpaired) electrons. The van der Waals surface area contributed by atoms with Crippen molar-refractivity contribution in [2.75, 3.05) is 0 Å². The maximum absolute atomic E-state index is 12.8. The minimum atomic E-state index is -5.24. The van der Waals surface area contributed by atoms with Crippen LogP contribution in [0.15, 0.2) is 6.20 Å². The van der Waals surface area contributed by atoms with Gasteiger partial charge in [0.25, 0.3) is 6.43 Å². The first-order valence-corrected chi connectivity index (χ1v) is 4.66. The Balaban J connectivity index is 3.49. The van der Waals surface area contributed by atoms with E-state index in [0.29, 0.717) is 6.20 Å². The Hall–Kier alpha value is -1.97. The zero-order chi connectivity index (χ0) is 14.8. The molecule has 10 heteroatoms. The summed E-state index contributed by atoms with van der Waals surface area (Å²) in [5, 5.41) is 8.78. The summed E-state index contributed by atoms with van der Waals surface area (Å²) < 4.78 is 65.0. The van der Waals surface area contributed by atoms with E-state index in [4.69, 9.17) is 10.8 Å². The highest BCUT2D eigenvalue weighted by Crippen LogP contribution is 2.36. The molecule has 0 aromatic carbocycles. The van der Waals surface area contributed by atoms with Crippen molar-refractivity contribution in [1.29, 1.82) is 0 Å². The molecule has 0 aliphatic heterocycles. The maximum atomic E-state index is 12.8. The van der Waals surface area contributed by atoms with E-state index < -0.39 is 47.9 Å². The van der Waals surface area contributed by atoms with Crippen LogP contribution in [0.5, 0.6) is 5.75 Å². The molecule has 0 bridgehead atoms. The summed E-state index contributed by atoms with van der Waals surface area (Å²) in [6, 6.07) is 0. The van der Waals surface area contributed by atoms with Gasteiger partial charge in [-0.2, -0.15) is 0 Å². The molecule has 0 unspecified atom stereocenters. The summed E-state index contributed by atoms with van der Waals surface area (Å²) in [5.74, 6) is -3.23. The summed E-state index contributed by atoms with van der Waals surface area (Å²) in [7, 11) is 0. The standard InChI is InChI=1S/C9H7F5N2O3/c10-7(11)6-4(19-9(12,13)14)2-16-3(1-15)5(6)8(17)18/h2,7H,1,15H2,(H,17,18). The van der Waals surface area contributed by atoms with Crippen molar-refractivity contribution >= 4 is 5.97 Å². The number of pyridine rings is 1. The van der Waals surface area contributed by atoms with Crippen molar-refractivity contribution < 1.29 is 36.6 Å². The third-order valence-corrected chi connectivity index (χ3v) is 2.01. The van der Waals surface area contributed by atoms with Gasteiger partial charge in [0.1, 0.15) is 0 Å². The fourth-order valence-electron chi connectivity index (χ4n) is 1.37. The van der Waals surface area contributed by atoms with Gasteiger partial charge in [-0.3, -0.25) is 4.98 Å². The normalized spacial score (nSPS) is 11.7. The summed E-state index contributed by atoms with van der Waals surface area (Å²) in [5.41, 5.74) is 2.15. The summed E-state index contributed by atoms with van der Waals surface area (Å²) in [6.45, 7) is -0.520. The Morgan fingerprint density at radius 2 is 2.05 bits per heavy atom. The number of carbonyl (C=O) groups is 1. The van der Waals surface area contributed by atoms with Crippen LogP contribution < -0.4 is 10.5 Å². The molecule has 0 amide bonds. The van der Waals surface area contributed by atoms with E-state index in [0.717, 1.165) is 0 Å². The molecule has 0 spiro atoms. The lowest BCUT2D eigenvalue weighted by atomic mass is 10.1. The third kappa shape index (κ3) is 3.50. The molecule has 1 aromatic heterocycles. The quantitative estimate of drug-likeness (QED) is 0.828. The molecular formula is C9H7F5N2O3. The maximum Gasteiger partial charge on any atom is 0.573 e. The molecule has 5 nitrogen and oxygen atoms in total. The lowest BCUT2D eigenvalue weighted by Crippen LogP contribution is -2.21. The zero-order valence-electron chi connectivity index (χ0n) is 9.04. The Bertz CT molecular complexity index is 489. The summed E-state index contributed by atoms with van der Waals surface area (Å²) in [6.07, 6.45) is -8.37. The Labute approximate surface area is 102 Å². The first-order chi connectivity index (χ1) is 8.67. The fraction of sp³-hybridized carbons (Fsp3) is 0.333. The molecule has 106 valence electrons. The highest BCUT2D eigenvalue weighted by molar-refractivity contribution is 5.91. The third-order valence-electron chi connectivity index (χ3n) is 2.01. The van der Waals surface area contributed by atoms with E-state index in [1.165, 1.54) is 0 Å².